The van der Waals surface area contributed by atoms with Crippen molar-refractivity contribution < 1.29 is 9.53 Å². The van der Waals surface area contributed by atoms with E-state index in [0.717, 1.165) is 16.9 Å². The Morgan fingerprint density at radius 2 is 1.85 bits per heavy atom. The van der Waals surface area contributed by atoms with Gasteiger partial charge in [0.1, 0.15) is 11.4 Å². The summed E-state index contributed by atoms with van der Waals surface area (Å²) >= 11 is 11.8. The van der Waals surface area contributed by atoms with Crippen molar-refractivity contribution in [3.8, 4) is 5.75 Å². The Morgan fingerprint density at radius 3 is 2.45 bits per heavy atom. The minimum Gasteiger partial charge on any atom is -0.496 e. The zero-order valence-electron chi connectivity index (χ0n) is 11.3. The number of benzene rings is 1. The molecule has 0 spiro atoms. The van der Waals surface area contributed by atoms with Crippen molar-refractivity contribution in [3.05, 3.63) is 56.8 Å². The predicted molar refractivity (Wildman–Crippen MR) is 80.2 cm³/mol. The molecule has 0 radical (unpaired) electrons. The Hall–Kier alpha value is -1.58. The van der Waals surface area contributed by atoms with Crippen molar-refractivity contribution in [3.63, 3.8) is 0 Å². The molecule has 0 amide bonds. The van der Waals surface area contributed by atoms with Gasteiger partial charge in [-0.2, -0.15) is 0 Å². The molecule has 3 nitrogen and oxygen atoms in total. The molecule has 0 saturated carbocycles. The number of hydrogen-bond acceptors (Lipinski definition) is 3. The Morgan fingerprint density at radius 1 is 1.15 bits per heavy atom. The highest BCUT2D eigenvalue weighted by atomic mass is 35.5. The Bertz CT molecular complexity index is 684. The SMILES string of the molecule is COc1cc(C)c(C(=O)c2ncc(Cl)cc2Cl)cc1C. The average molecular weight is 310 g/mol. The number of hydrogen-bond donors (Lipinski definition) is 0. The second-order valence-corrected chi connectivity index (χ2v) is 5.29. The largest absolute Gasteiger partial charge is 0.496 e. The van der Waals surface area contributed by atoms with Gasteiger partial charge in [-0.1, -0.05) is 23.2 Å². The summed E-state index contributed by atoms with van der Waals surface area (Å²) in [4.78, 5) is 16.5. The molecule has 1 aromatic carbocycles. The molecule has 2 aromatic rings. The zero-order valence-corrected chi connectivity index (χ0v) is 12.8. The van der Waals surface area contributed by atoms with Crippen LogP contribution in [0.3, 0.4) is 0 Å². The van der Waals surface area contributed by atoms with Crippen molar-refractivity contribution >= 4 is 29.0 Å². The minimum absolute atomic E-state index is 0.198. The molecule has 0 atom stereocenters. The first-order valence-electron chi connectivity index (χ1n) is 5.95. The van der Waals surface area contributed by atoms with E-state index >= 15 is 0 Å². The van der Waals surface area contributed by atoms with E-state index in [4.69, 9.17) is 27.9 Å². The zero-order chi connectivity index (χ0) is 14.9. The second kappa shape index (κ2) is 5.81. The molecule has 0 aliphatic heterocycles. The van der Waals surface area contributed by atoms with Crippen molar-refractivity contribution in [1.82, 2.24) is 4.98 Å². The molecule has 1 aromatic heterocycles. The number of methoxy groups -OCH3 is 1. The summed E-state index contributed by atoms with van der Waals surface area (Å²) in [5, 5.41) is 0.643. The molecule has 0 aliphatic rings. The normalized spacial score (nSPS) is 10.4. The highest BCUT2D eigenvalue weighted by molar-refractivity contribution is 6.37. The summed E-state index contributed by atoms with van der Waals surface area (Å²) in [6.07, 6.45) is 1.41. The van der Waals surface area contributed by atoms with E-state index in [9.17, 15) is 4.79 Å². The van der Waals surface area contributed by atoms with E-state index in [1.54, 1.807) is 13.2 Å². The van der Waals surface area contributed by atoms with Crippen LogP contribution in [0.1, 0.15) is 27.2 Å². The fourth-order valence-corrected chi connectivity index (χ4v) is 2.43. The number of aryl methyl sites for hydroxylation is 2. The van der Waals surface area contributed by atoms with Crippen molar-refractivity contribution in [1.29, 1.82) is 0 Å². The number of halogens is 2. The van der Waals surface area contributed by atoms with Gasteiger partial charge in [0.25, 0.3) is 0 Å². The van der Waals surface area contributed by atoms with Gasteiger partial charge in [-0.05, 0) is 43.2 Å². The lowest BCUT2D eigenvalue weighted by Gasteiger charge is -2.11. The van der Waals surface area contributed by atoms with Crippen LogP contribution in [-0.2, 0) is 0 Å². The molecule has 20 heavy (non-hydrogen) atoms. The van der Waals surface area contributed by atoms with Crippen LogP contribution in [0, 0.1) is 13.8 Å². The monoisotopic (exact) mass is 309 g/mol. The number of aromatic nitrogens is 1. The third kappa shape index (κ3) is 2.79. The number of pyridine rings is 1. The Labute approximate surface area is 127 Å². The minimum atomic E-state index is -0.227. The second-order valence-electron chi connectivity index (χ2n) is 4.45. The van der Waals surface area contributed by atoms with Crippen LogP contribution in [0.25, 0.3) is 0 Å². The third-order valence-electron chi connectivity index (χ3n) is 3.01. The topological polar surface area (TPSA) is 39.2 Å². The fraction of sp³-hybridized carbons (Fsp3) is 0.200. The molecule has 0 unspecified atom stereocenters. The molecule has 2 rings (SSSR count). The van der Waals surface area contributed by atoms with Gasteiger partial charge in [-0.25, -0.2) is 4.98 Å². The lowest BCUT2D eigenvalue weighted by atomic mass is 9.99. The van der Waals surface area contributed by atoms with Crippen LogP contribution < -0.4 is 4.74 Å². The van der Waals surface area contributed by atoms with Gasteiger partial charge < -0.3 is 4.74 Å². The Balaban J connectivity index is 2.51. The molecule has 0 aliphatic carbocycles. The highest BCUT2D eigenvalue weighted by Gasteiger charge is 2.18. The first-order valence-corrected chi connectivity index (χ1v) is 6.70. The van der Waals surface area contributed by atoms with E-state index in [0.29, 0.717) is 10.6 Å². The predicted octanol–water partition coefficient (Wildman–Crippen LogP) is 4.24. The summed E-state index contributed by atoms with van der Waals surface area (Å²) in [5.41, 5.74) is 2.44. The molecule has 0 fully saturated rings. The molecule has 1 heterocycles. The van der Waals surface area contributed by atoms with Crippen molar-refractivity contribution in [2.24, 2.45) is 0 Å². The highest BCUT2D eigenvalue weighted by Crippen LogP contribution is 2.26. The number of ketones is 1. The summed E-state index contributed by atoms with van der Waals surface area (Å²) in [6.45, 7) is 3.73. The van der Waals surface area contributed by atoms with Gasteiger partial charge in [0.2, 0.25) is 5.78 Å². The standard InChI is InChI=1S/C15H13Cl2NO2/c1-8-5-13(20-3)9(2)4-11(8)15(19)14-12(17)6-10(16)7-18-14/h4-7H,1-3H3. The van der Waals surface area contributed by atoms with Crippen LogP contribution in [0.15, 0.2) is 24.4 Å². The quantitative estimate of drug-likeness (QED) is 0.796. The average Bonchev–Trinajstić information content (AvgIpc) is 2.40. The van der Waals surface area contributed by atoms with Gasteiger partial charge in [-0.3, -0.25) is 4.79 Å². The molecule has 0 N–H and O–H groups in total. The van der Waals surface area contributed by atoms with Crippen LogP contribution in [0.2, 0.25) is 10.0 Å². The summed E-state index contributed by atoms with van der Waals surface area (Å²) in [5.74, 6) is 0.518. The van der Waals surface area contributed by atoms with Gasteiger partial charge in [0.15, 0.2) is 0 Å². The lowest BCUT2D eigenvalue weighted by molar-refractivity contribution is 0.103. The summed E-state index contributed by atoms with van der Waals surface area (Å²) in [7, 11) is 1.60. The first-order chi connectivity index (χ1) is 9.43. The first kappa shape index (κ1) is 14.8. The van der Waals surface area contributed by atoms with Gasteiger partial charge >= 0.3 is 0 Å². The maximum atomic E-state index is 12.5. The molecular weight excluding hydrogens is 297 g/mol. The number of carbonyl (C=O) groups is 1. The van der Waals surface area contributed by atoms with Gasteiger partial charge in [0.05, 0.1) is 17.2 Å². The van der Waals surface area contributed by atoms with Crippen molar-refractivity contribution in [2.75, 3.05) is 7.11 Å². The van der Waals surface area contributed by atoms with Crippen LogP contribution in [0.4, 0.5) is 0 Å². The number of nitrogens with zero attached hydrogens (tertiary/aromatic N) is 1. The summed E-state index contributed by atoms with van der Waals surface area (Å²) < 4.78 is 5.24. The van der Waals surface area contributed by atoms with Crippen LogP contribution in [-0.4, -0.2) is 17.9 Å². The van der Waals surface area contributed by atoms with Crippen LogP contribution >= 0.6 is 23.2 Å². The van der Waals surface area contributed by atoms with Crippen LogP contribution in [0.5, 0.6) is 5.75 Å². The molecule has 5 heteroatoms. The number of ether oxygens (including phenoxy) is 1. The van der Waals surface area contributed by atoms with E-state index in [1.807, 2.05) is 19.9 Å². The maximum absolute atomic E-state index is 12.5. The molecular formula is C15H13Cl2NO2. The smallest absolute Gasteiger partial charge is 0.213 e. The van der Waals surface area contributed by atoms with E-state index < -0.39 is 0 Å². The number of rotatable bonds is 3. The van der Waals surface area contributed by atoms with E-state index in [1.165, 1.54) is 12.3 Å². The third-order valence-corrected chi connectivity index (χ3v) is 3.50. The van der Waals surface area contributed by atoms with Gasteiger partial charge in [0, 0.05) is 11.8 Å². The maximum Gasteiger partial charge on any atom is 0.213 e. The molecule has 0 bridgehead atoms. The molecule has 0 saturated heterocycles. The summed E-state index contributed by atoms with van der Waals surface area (Å²) in [6, 6.07) is 5.12. The fourth-order valence-electron chi connectivity index (χ4n) is 1.96. The molecule has 104 valence electrons. The van der Waals surface area contributed by atoms with Crippen molar-refractivity contribution in [2.45, 2.75) is 13.8 Å². The van der Waals surface area contributed by atoms with E-state index in [2.05, 4.69) is 4.98 Å². The lowest BCUT2D eigenvalue weighted by Crippen LogP contribution is -2.08. The Kier molecular flexibility index (Phi) is 4.31. The van der Waals surface area contributed by atoms with E-state index in [-0.39, 0.29) is 16.5 Å². The van der Waals surface area contributed by atoms with Gasteiger partial charge in [-0.15, -0.1) is 0 Å². The number of carbonyl (C=O) groups excluding carboxylic acids is 1.